The van der Waals surface area contributed by atoms with Crippen LogP contribution in [0.5, 0.6) is 11.5 Å². The van der Waals surface area contributed by atoms with Gasteiger partial charge < -0.3 is 20.8 Å². The molecule has 6 nitrogen and oxygen atoms in total. The molecule has 0 atom stereocenters. The smallest absolute Gasteiger partial charge is 0.417 e. The molecule has 0 aromatic heterocycles. The maximum atomic E-state index is 14.8. The molecule has 0 aliphatic rings. The summed E-state index contributed by atoms with van der Waals surface area (Å²) in [6, 6.07) is 5.35. The number of aromatic hydroxyl groups is 2. The Balaban J connectivity index is 1.87. The topological polar surface area (TPSA) is 98.7 Å². The molecule has 4 rings (SSSR count). The van der Waals surface area contributed by atoms with E-state index >= 15 is 0 Å². The molecule has 0 radical (unpaired) electrons. The van der Waals surface area contributed by atoms with Gasteiger partial charge in [-0.3, -0.25) is 9.59 Å². The third-order valence-electron chi connectivity index (χ3n) is 7.63. The van der Waals surface area contributed by atoms with E-state index in [1.54, 1.807) is 5.32 Å². The van der Waals surface area contributed by atoms with Gasteiger partial charge in [-0.05, 0) is 71.6 Å². The number of nitrogens with one attached hydrogen (secondary N) is 2. The fraction of sp³-hybridized carbons (Fsp3) is 0.212. The van der Waals surface area contributed by atoms with Crippen LogP contribution < -0.4 is 10.6 Å². The number of aryl methyl sites for hydroxylation is 1. The van der Waals surface area contributed by atoms with Gasteiger partial charge in [0, 0.05) is 12.5 Å². The second-order valence-corrected chi connectivity index (χ2v) is 11.1. The minimum atomic E-state index is -6.24. The van der Waals surface area contributed by atoms with Gasteiger partial charge in [0.1, 0.15) is 11.5 Å². The molecular formula is C33H22F12N2O4. The van der Waals surface area contributed by atoms with Crippen molar-refractivity contribution in [1.82, 2.24) is 0 Å². The van der Waals surface area contributed by atoms with E-state index in [2.05, 4.69) is 0 Å². The number of amides is 2. The number of halogens is 12. The number of hydrogen-bond acceptors (Lipinski definition) is 4. The molecule has 0 heterocycles. The molecule has 51 heavy (non-hydrogen) atoms. The number of benzene rings is 4. The first-order valence-electron chi connectivity index (χ1n) is 14.1. The highest BCUT2D eigenvalue weighted by molar-refractivity contribution is 6.05. The molecular weight excluding hydrogens is 716 g/mol. The number of carbonyl (C=O) groups excluding carboxylic acids is 2. The van der Waals surface area contributed by atoms with Gasteiger partial charge in [-0.2, -0.15) is 52.7 Å². The lowest BCUT2D eigenvalue weighted by atomic mass is 9.72. The number of hydrogen-bond donors (Lipinski definition) is 4. The second kappa shape index (κ2) is 13.0. The monoisotopic (exact) mass is 738 g/mol. The van der Waals surface area contributed by atoms with Gasteiger partial charge in [-0.1, -0.05) is 35.9 Å². The average molecular weight is 739 g/mol. The SMILES string of the molecule is CC(=O)Nc1cc(C(c2ccc(O)c(NC(=O)c3ccc(-c4ccc(C)cc4C(F)(F)F)c(C(F)(F)F)c3)c2)(C(F)(F)F)C(F)(F)F)ccc1O. The fourth-order valence-corrected chi connectivity index (χ4v) is 5.39. The van der Waals surface area contributed by atoms with Crippen molar-refractivity contribution in [3.8, 4) is 22.6 Å². The van der Waals surface area contributed by atoms with Gasteiger partial charge in [-0.25, -0.2) is 0 Å². The zero-order valence-electron chi connectivity index (χ0n) is 25.7. The Morgan fingerprint density at radius 1 is 0.569 bits per heavy atom. The van der Waals surface area contributed by atoms with Crippen LogP contribution in [0.1, 0.15) is 45.1 Å². The first-order chi connectivity index (χ1) is 23.3. The van der Waals surface area contributed by atoms with Crippen molar-refractivity contribution in [1.29, 1.82) is 0 Å². The molecule has 0 aliphatic carbocycles. The van der Waals surface area contributed by atoms with Crippen molar-refractivity contribution in [2.24, 2.45) is 0 Å². The van der Waals surface area contributed by atoms with E-state index < -0.39 is 104 Å². The fourth-order valence-electron chi connectivity index (χ4n) is 5.39. The van der Waals surface area contributed by atoms with E-state index in [-0.39, 0.29) is 35.9 Å². The summed E-state index contributed by atoms with van der Waals surface area (Å²) < 4.78 is 172. The van der Waals surface area contributed by atoms with Gasteiger partial charge in [0.15, 0.2) is 0 Å². The molecule has 0 spiro atoms. The number of phenolic OH excluding ortho intramolecular Hbond substituents is 2. The van der Waals surface area contributed by atoms with Crippen molar-refractivity contribution in [2.45, 2.75) is 44.0 Å². The molecule has 0 bridgehead atoms. The van der Waals surface area contributed by atoms with Crippen LogP contribution in [0.4, 0.5) is 64.1 Å². The summed E-state index contributed by atoms with van der Waals surface area (Å²) in [6.45, 7) is 2.12. The predicted molar refractivity (Wildman–Crippen MR) is 158 cm³/mol. The van der Waals surface area contributed by atoms with Gasteiger partial charge in [0.2, 0.25) is 11.3 Å². The van der Waals surface area contributed by atoms with Crippen molar-refractivity contribution >= 4 is 23.2 Å². The number of rotatable bonds is 6. The van der Waals surface area contributed by atoms with E-state index in [0.717, 1.165) is 19.1 Å². The van der Waals surface area contributed by atoms with Crippen molar-refractivity contribution < 1.29 is 72.5 Å². The Kier molecular flexibility index (Phi) is 9.81. The van der Waals surface area contributed by atoms with E-state index in [4.69, 9.17) is 0 Å². The molecule has 0 saturated carbocycles. The maximum absolute atomic E-state index is 14.8. The van der Waals surface area contributed by atoms with Crippen molar-refractivity contribution in [3.05, 3.63) is 106 Å². The largest absolute Gasteiger partial charge is 0.506 e. The van der Waals surface area contributed by atoms with Crippen LogP contribution in [-0.2, 0) is 22.6 Å². The molecule has 0 aliphatic heterocycles. The van der Waals surface area contributed by atoms with Crippen LogP contribution in [0.15, 0.2) is 72.8 Å². The molecule has 0 fully saturated rings. The Labute approximate surface area is 279 Å². The molecule has 272 valence electrons. The second-order valence-electron chi connectivity index (χ2n) is 11.1. The van der Waals surface area contributed by atoms with Crippen molar-refractivity contribution in [3.63, 3.8) is 0 Å². The normalized spacial score (nSPS) is 12.8. The quantitative estimate of drug-likeness (QED) is 0.117. The van der Waals surface area contributed by atoms with Gasteiger partial charge in [-0.15, -0.1) is 0 Å². The van der Waals surface area contributed by atoms with E-state index in [0.29, 0.717) is 30.3 Å². The summed E-state index contributed by atoms with van der Waals surface area (Å²) in [7, 11) is 0. The van der Waals surface area contributed by atoms with Gasteiger partial charge in [0.25, 0.3) is 5.91 Å². The molecule has 2 amide bonds. The zero-order chi connectivity index (χ0) is 38.5. The van der Waals surface area contributed by atoms with Crippen LogP contribution in [0.25, 0.3) is 11.1 Å². The number of anilines is 2. The standard InChI is InChI=1S/C33H22F12N2O4/c1-15-3-7-20(22(11-15)30(34,35)36)21-8-4-17(12-23(21)31(37,38)39)28(51)47-25-14-19(6-10-27(25)50)29(32(40,41)42,33(43,44)45)18-5-9-26(49)24(13-18)46-16(2)48/h3-14,49-50H,1-2H3,(H,46,48)(H,47,51). The third kappa shape index (κ3) is 7.39. The van der Waals surface area contributed by atoms with E-state index in [9.17, 15) is 72.5 Å². The number of alkyl halides is 12. The Bertz CT molecular complexity index is 1980. The first-order valence-corrected chi connectivity index (χ1v) is 14.1. The van der Waals surface area contributed by atoms with Crippen LogP contribution in [0.3, 0.4) is 0 Å². The first kappa shape index (κ1) is 38.4. The number of carbonyl (C=O) groups is 2. The highest BCUT2D eigenvalue weighted by atomic mass is 19.4. The summed E-state index contributed by atoms with van der Waals surface area (Å²) >= 11 is 0. The van der Waals surface area contributed by atoms with E-state index in [1.165, 1.54) is 6.92 Å². The van der Waals surface area contributed by atoms with Crippen LogP contribution in [0.2, 0.25) is 0 Å². The average Bonchev–Trinajstić information content (AvgIpc) is 2.97. The minimum absolute atomic E-state index is 0.0660. The molecule has 4 aromatic rings. The lowest BCUT2D eigenvalue weighted by Crippen LogP contribution is -2.54. The zero-order valence-corrected chi connectivity index (χ0v) is 25.7. The summed E-state index contributed by atoms with van der Waals surface area (Å²) in [5.41, 5.74) is -16.1. The Morgan fingerprint density at radius 3 is 1.43 bits per heavy atom. The summed E-state index contributed by atoms with van der Waals surface area (Å²) in [5, 5.41) is 23.9. The molecule has 4 N–H and O–H groups in total. The maximum Gasteiger partial charge on any atom is 0.417 e. The van der Waals surface area contributed by atoms with Crippen molar-refractivity contribution in [2.75, 3.05) is 10.6 Å². The Morgan fingerprint density at radius 2 is 1.00 bits per heavy atom. The van der Waals surface area contributed by atoms with E-state index in [1.807, 2.05) is 5.32 Å². The predicted octanol–water partition coefficient (Wildman–Crippen LogP) is 9.73. The van der Waals surface area contributed by atoms with Crippen LogP contribution in [0, 0.1) is 6.92 Å². The number of phenols is 2. The molecule has 4 aromatic carbocycles. The highest BCUT2D eigenvalue weighted by Crippen LogP contribution is 2.57. The van der Waals surface area contributed by atoms with Crippen LogP contribution >= 0.6 is 0 Å². The van der Waals surface area contributed by atoms with Gasteiger partial charge >= 0.3 is 24.7 Å². The summed E-state index contributed by atoms with van der Waals surface area (Å²) in [5.74, 6) is -4.60. The molecule has 0 saturated heterocycles. The Hall–Kier alpha value is -5.42. The highest BCUT2D eigenvalue weighted by Gasteiger charge is 2.72. The lowest BCUT2D eigenvalue weighted by molar-refractivity contribution is -0.288. The lowest BCUT2D eigenvalue weighted by Gasteiger charge is -2.38. The molecule has 0 unspecified atom stereocenters. The molecule has 18 heteroatoms. The minimum Gasteiger partial charge on any atom is -0.506 e. The summed E-state index contributed by atoms with van der Waals surface area (Å²) in [4.78, 5) is 24.6. The van der Waals surface area contributed by atoms with Gasteiger partial charge in [0.05, 0.1) is 22.5 Å². The van der Waals surface area contributed by atoms with Crippen LogP contribution in [-0.4, -0.2) is 34.4 Å². The third-order valence-corrected chi connectivity index (χ3v) is 7.63. The summed E-state index contributed by atoms with van der Waals surface area (Å²) in [6.07, 6.45) is -23.0.